The summed E-state index contributed by atoms with van der Waals surface area (Å²) in [5.74, 6) is -1.31. The summed E-state index contributed by atoms with van der Waals surface area (Å²) in [6.07, 6.45) is -0.500. The third kappa shape index (κ3) is 2.92. The molecule has 1 heterocycles. The minimum absolute atomic E-state index is 0.277. The number of aliphatic hydroxyl groups excluding tert-OH is 1. The predicted octanol–water partition coefficient (Wildman–Crippen LogP) is -2.44. The molecule has 0 aromatic carbocycles. The van der Waals surface area contributed by atoms with Gasteiger partial charge >= 0.3 is 0 Å². The van der Waals surface area contributed by atoms with Crippen molar-refractivity contribution >= 4 is 5.84 Å². The Morgan fingerprint density at radius 2 is 2.54 bits per heavy atom. The Hall–Kier alpha value is -0.690. The van der Waals surface area contributed by atoms with Crippen molar-refractivity contribution in [2.75, 3.05) is 19.6 Å². The average Bonchev–Trinajstić information content (AvgIpc) is 2.01. The maximum absolute atomic E-state index is 9.54. The first-order valence-corrected chi connectivity index (χ1v) is 4.25. The lowest BCUT2D eigenvalue weighted by molar-refractivity contribution is 0.0729. The molecule has 1 aliphatic heterocycles. The molecule has 76 valence electrons. The monoisotopic (exact) mass is 188 g/mol. The Balaban J connectivity index is 2.51. The Kier molecular flexibility index (Phi) is 3.21. The third-order valence-corrected chi connectivity index (χ3v) is 1.70. The number of rotatable bonds is 2. The zero-order chi connectivity index (χ0) is 9.90. The summed E-state index contributed by atoms with van der Waals surface area (Å²) in [6.45, 7) is 3.08. The minimum atomic E-state index is -1.59. The molecule has 1 rings (SSSR count). The molecule has 13 heavy (non-hydrogen) atoms. The molecular weight excluding hydrogens is 172 g/mol. The van der Waals surface area contributed by atoms with Crippen LogP contribution in [0.1, 0.15) is 6.92 Å². The maximum Gasteiger partial charge on any atom is 0.230 e. The van der Waals surface area contributed by atoms with Gasteiger partial charge in [-0.2, -0.15) is 0 Å². The number of nitrogens with one attached hydrogen (secondary N) is 2. The number of hydrogen-bond donors (Lipinski definition) is 5. The normalized spacial score (nSPS) is 30.9. The topological polar surface area (TPSA) is 103 Å². The summed E-state index contributed by atoms with van der Waals surface area (Å²) >= 11 is 0. The summed E-state index contributed by atoms with van der Waals surface area (Å²) in [7, 11) is 0. The summed E-state index contributed by atoms with van der Waals surface area (Å²) in [4.78, 5) is 4.01. The number of nitrogens with zero attached hydrogens (tertiary/aromatic N) is 1. The highest BCUT2D eigenvalue weighted by molar-refractivity contribution is 5.89. The summed E-state index contributed by atoms with van der Waals surface area (Å²) in [5.41, 5.74) is 5.48. The lowest BCUT2D eigenvalue weighted by Gasteiger charge is -2.30. The quantitative estimate of drug-likeness (QED) is 0.310. The highest BCUT2D eigenvalue weighted by Crippen LogP contribution is 1.97. The van der Waals surface area contributed by atoms with E-state index in [1.165, 1.54) is 0 Å². The van der Waals surface area contributed by atoms with Crippen LogP contribution < -0.4 is 16.4 Å². The fourth-order valence-corrected chi connectivity index (χ4v) is 1.05. The second-order valence-electron chi connectivity index (χ2n) is 3.15. The van der Waals surface area contributed by atoms with E-state index in [1.807, 2.05) is 0 Å². The molecular formula is C7H16N4O2. The molecule has 0 aliphatic carbocycles. The first-order chi connectivity index (χ1) is 6.02. The van der Waals surface area contributed by atoms with Crippen molar-refractivity contribution in [3.05, 3.63) is 0 Å². The number of hydrogen-bond acceptors (Lipinski definition) is 6. The van der Waals surface area contributed by atoms with Crippen LogP contribution in [-0.4, -0.2) is 47.6 Å². The Morgan fingerprint density at radius 1 is 1.85 bits per heavy atom. The van der Waals surface area contributed by atoms with Crippen LogP contribution in [0.15, 0.2) is 4.99 Å². The van der Waals surface area contributed by atoms with Crippen molar-refractivity contribution in [1.82, 2.24) is 10.6 Å². The molecule has 6 nitrogen and oxygen atoms in total. The Morgan fingerprint density at radius 3 is 3.08 bits per heavy atom. The molecule has 0 bridgehead atoms. The van der Waals surface area contributed by atoms with E-state index in [0.29, 0.717) is 19.6 Å². The third-order valence-electron chi connectivity index (χ3n) is 1.70. The zero-order valence-electron chi connectivity index (χ0n) is 7.62. The van der Waals surface area contributed by atoms with E-state index in [4.69, 9.17) is 10.8 Å². The van der Waals surface area contributed by atoms with Crippen molar-refractivity contribution < 1.29 is 10.2 Å². The van der Waals surface area contributed by atoms with Gasteiger partial charge in [0.25, 0.3) is 0 Å². The first-order valence-electron chi connectivity index (χ1n) is 4.25. The predicted molar refractivity (Wildman–Crippen MR) is 49.1 cm³/mol. The molecule has 6 N–H and O–H groups in total. The molecule has 0 aromatic rings. The van der Waals surface area contributed by atoms with Crippen LogP contribution in [0.3, 0.4) is 0 Å². The van der Waals surface area contributed by atoms with Crippen molar-refractivity contribution in [2.45, 2.75) is 18.9 Å². The van der Waals surface area contributed by atoms with Crippen molar-refractivity contribution in [3.63, 3.8) is 0 Å². The van der Waals surface area contributed by atoms with Gasteiger partial charge < -0.3 is 15.5 Å². The maximum atomic E-state index is 9.54. The first kappa shape index (κ1) is 10.4. The highest BCUT2D eigenvalue weighted by Gasteiger charge is 2.30. The molecule has 0 amide bonds. The van der Waals surface area contributed by atoms with Crippen LogP contribution in [0.4, 0.5) is 0 Å². The molecule has 2 atom stereocenters. The van der Waals surface area contributed by atoms with Gasteiger partial charge in [0.15, 0.2) is 5.84 Å². The number of amidine groups is 1. The molecule has 0 radical (unpaired) electrons. The fourth-order valence-electron chi connectivity index (χ4n) is 1.05. The largest absolute Gasteiger partial charge is 0.392 e. The summed E-state index contributed by atoms with van der Waals surface area (Å²) in [6, 6.07) is 0. The lowest BCUT2D eigenvalue weighted by Crippen LogP contribution is -2.66. The second-order valence-corrected chi connectivity index (χ2v) is 3.15. The van der Waals surface area contributed by atoms with E-state index < -0.39 is 12.0 Å². The van der Waals surface area contributed by atoms with Crippen LogP contribution in [-0.2, 0) is 0 Å². The van der Waals surface area contributed by atoms with Gasteiger partial charge in [0, 0.05) is 13.1 Å². The number of aliphatic hydroxyl groups is 2. The number of nitrogens with two attached hydrogens (primary N) is 1. The van der Waals surface area contributed by atoms with Crippen LogP contribution in [0.5, 0.6) is 0 Å². The molecule has 6 heteroatoms. The van der Waals surface area contributed by atoms with Crippen LogP contribution in [0.25, 0.3) is 0 Å². The average molecular weight is 188 g/mol. The Labute approximate surface area is 76.8 Å². The SMILES string of the molecule is CC(O)CNC1=NCCNC1(N)O. The summed E-state index contributed by atoms with van der Waals surface area (Å²) < 4.78 is 0. The smallest absolute Gasteiger partial charge is 0.230 e. The second kappa shape index (κ2) is 4.01. The van der Waals surface area contributed by atoms with Gasteiger partial charge in [-0.25, -0.2) is 0 Å². The highest BCUT2D eigenvalue weighted by atomic mass is 16.3. The van der Waals surface area contributed by atoms with Gasteiger partial charge in [0.2, 0.25) is 5.85 Å². The molecule has 0 saturated carbocycles. The van der Waals surface area contributed by atoms with E-state index in [2.05, 4.69) is 15.6 Å². The zero-order valence-corrected chi connectivity index (χ0v) is 7.62. The fraction of sp³-hybridized carbons (Fsp3) is 0.857. The van der Waals surface area contributed by atoms with Gasteiger partial charge in [-0.05, 0) is 6.92 Å². The van der Waals surface area contributed by atoms with Crippen LogP contribution in [0, 0.1) is 0 Å². The molecule has 0 fully saturated rings. The van der Waals surface area contributed by atoms with Crippen LogP contribution in [0.2, 0.25) is 0 Å². The molecule has 0 aromatic heterocycles. The van der Waals surface area contributed by atoms with E-state index >= 15 is 0 Å². The Bertz CT molecular complexity index is 203. The summed E-state index contributed by atoms with van der Waals surface area (Å²) in [5, 5.41) is 24.0. The lowest BCUT2D eigenvalue weighted by atomic mass is 10.3. The van der Waals surface area contributed by atoms with E-state index in [0.717, 1.165) is 0 Å². The van der Waals surface area contributed by atoms with Gasteiger partial charge in [-0.3, -0.25) is 16.0 Å². The molecule has 1 aliphatic rings. The van der Waals surface area contributed by atoms with Gasteiger partial charge in [-0.15, -0.1) is 0 Å². The van der Waals surface area contributed by atoms with E-state index in [1.54, 1.807) is 6.92 Å². The van der Waals surface area contributed by atoms with Crippen molar-refractivity contribution in [1.29, 1.82) is 0 Å². The standard InChI is InChI=1S/C7H16N4O2/c1-5(12)4-10-6-7(8,13)11-3-2-9-6/h5,11-13H,2-4,8H2,1H3,(H,9,10). The molecule has 0 saturated heterocycles. The van der Waals surface area contributed by atoms with Gasteiger partial charge in [0.05, 0.1) is 12.6 Å². The molecule has 0 spiro atoms. The van der Waals surface area contributed by atoms with E-state index in [9.17, 15) is 5.11 Å². The van der Waals surface area contributed by atoms with Gasteiger partial charge in [0.1, 0.15) is 0 Å². The van der Waals surface area contributed by atoms with Crippen molar-refractivity contribution in [2.24, 2.45) is 10.7 Å². The van der Waals surface area contributed by atoms with Crippen molar-refractivity contribution in [3.8, 4) is 0 Å². The van der Waals surface area contributed by atoms with E-state index in [-0.39, 0.29) is 5.84 Å². The number of aliphatic imine (C=N–C) groups is 1. The molecule has 2 unspecified atom stereocenters. The minimum Gasteiger partial charge on any atom is -0.392 e. The van der Waals surface area contributed by atoms with Crippen LogP contribution >= 0.6 is 0 Å². The van der Waals surface area contributed by atoms with Gasteiger partial charge in [-0.1, -0.05) is 0 Å².